The molecule has 0 amide bonds. The van der Waals surface area contributed by atoms with Crippen LogP contribution in [0.15, 0.2) is 0 Å². The Morgan fingerprint density at radius 2 is 2.12 bits per heavy atom. The summed E-state index contributed by atoms with van der Waals surface area (Å²) in [5.74, 6) is 3.30. The van der Waals surface area contributed by atoms with Crippen molar-refractivity contribution < 1.29 is 14.6 Å². The lowest BCUT2D eigenvalue weighted by atomic mass is 9.73. The molecule has 0 aliphatic heterocycles. The first-order valence-corrected chi connectivity index (χ1v) is 6.45. The number of carbonyl (C=O) groups excluding carboxylic acids is 1. The van der Waals surface area contributed by atoms with Gasteiger partial charge in [-0.3, -0.25) is 4.79 Å². The Morgan fingerprint density at radius 3 is 2.81 bits per heavy atom. The fourth-order valence-corrected chi connectivity index (χ4v) is 4.91. The van der Waals surface area contributed by atoms with Crippen molar-refractivity contribution in [1.29, 1.82) is 0 Å². The van der Waals surface area contributed by atoms with Gasteiger partial charge in [0.1, 0.15) is 0 Å². The van der Waals surface area contributed by atoms with E-state index >= 15 is 0 Å². The van der Waals surface area contributed by atoms with Gasteiger partial charge in [-0.15, -0.1) is 0 Å². The molecule has 0 aromatic carbocycles. The zero-order valence-corrected chi connectivity index (χ0v) is 9.76. The average molecular weight is 224 g/mol. The van der Waals surface area contributed by atoms with Crippen LogP contribution in [-0.4, -0.2) is 24.8 Å². The summed E-state index contributed by atoms with van der Waals surface area (Å²) in [6, 6.07) is 0. The molecule has 0 aromatic rings. The summed E-state index contributed by atoms with van der Waals surface area (Å²) in [6.07, 6.45) is 4.58. The van der Waals surface area contributed by atoms with E-state index in [1.165, 1.54) is 20.0 Å². The third kappa shape index (κ3) is 1.27. The van der Waals surface area contributed by atoms with E-state index in [0.29, 0.717) is 36.2 Å². The van der Waals surface area contributed by atoms with Gasteiger partial charge in [0.25, 0.3) is 0 Å². The predicted octanol–water partition coefficient (Wildman–Crippen LogP) is 1.45. The maximum absolute atomic E-state index is 11.7. The SMILES string of the molecule is COC(=O)C1CC2CC1C1CCC(CO)C21. The second-order valence-corrected chi connectivity index (χ2v) is 5.79. The third-order valence-electron chi connectivity index (χ3n) is 5.39. The molecule has 3 aliphatic carbocycles. The van der Waals surface area contributed by atoms with Crippen LogP contribution in [0.2, 0.25) is 0 Å². The van der Waals surface area contributed by atoms with Gasteiger partial charge >= 0.3 is 5.97 Å². The van der Waals surface area contributed by atoms with Crippen LogP contribution < -0.4 is 0 Å². The van der Waals surface area contributed by atoms with Gasteiger partial charge in [0.2, 0.25) is 0 Å². The summed E-state index contributed by atoms with van der Waals surface area (Å²) < 4.78 is 4.90. The van der Waals surface area contributed by atoms with Crippen molar-refractivity contribution in [2.75, 3.05) is 13.7 Å². The Balaban J connectivity index is 1.78. The number of aliphatic hydroxyl groups excluding tert-OH is 1. The Morgan fingerprint density at radius 1 is 1.31 bits per heavy atom. The Kier molecular flexibility index (Phi) is 2.46. The molecular weight excluding hydrogens is 204 g/mol. The summed E-state index contributed by atoms with van der Waals surface area (Å²) in [7, 11) is 1.50. The van der Waals surface area contributed by atoms with E-state index in [1.54, 1.807) is 0 Å². The molecule has 2 bridgehead atoms. The van der Waals surface area contributed by atoms with Gasteiger partial charge in [0, 0.05) is 6.61 Å². The van der Waals surface area contributed by atoms with Crippen molar-refractivity contribution in [2.45, 2.75) is 25.7 Å². The minimum absolute atomic E-state index is 0.00148. The molecule has 0 radical (unpaired) electrons. The van der Waals surface area contributed by atoms with Crippen LogP contribution in [0, 0.1) is 35.5 Å². The second kappa shape index (κ2) is 3.73. The minimum Gasteiger partial charge on any atom is -0.469 e. The van der Waals surface area contributed by atoms with Crippen LogP contribution in [0.4, 0.5) is 0 Å². The first kappa shape index (κ1) is 10.6. The molecule has 3 aliphatic rings. The third-order valence-corrected chi connectivity index (χ3v) is 5.39. The van der Waals surface area contributed by atoms with Gasteiger partial charge in [-0.1, -0.05) is 0 Å². The lowest BCUT2D eigenvalue weighted by Crippen LogP contribution is -2.32. The number of esters is 1. The monoisotopic (exact) mass is 224 g/mol. The summed E-state index contributed by atoms with van der Waals surface area (Å²) in [4.78, 5) is 11.7. The Hall–Kier alpha value is -0.570. The topological polar surface area (TPSA) is 46.5 Å². The Bertz CT molecular complexity index is 302. The van der Waals surface area contributed by atoms with E-state index in [0.717, 1.165) is 12.8 Å². The number of hydrogen-bond acceptors (Lipinski definition) is 3. The van der Waals surface area contributed by atoms with Crippen LogP contribution in [0.1, 0.15) is 25.7 Å². The summed E-state index contributed by atoms with van der Waals surface area (Å²) in [5, 5.41) is 9.37. The lowest BCUT2D eigenvalue weighted by molar-refractivity contribution is -0.148. The van der Waals surface area contributed by atoms with E-state index in [1.807, 2.05) is 0 Å². The molecule has 0 heterocycles. The number of ether oxygens (including phenoxy) is 1. The number of hydrogen-bond donors (Lipinski definition) is 1. The van der Waals surface area contributed by atoms with E-state index < -0.39 is 0 Å². The zero-order valence-electron chi connectivity index (χ0n) is 9.76. The molecule has 1 N–H and O–H groups in total. The Labute approximate surface area is 96.2 Å². The molecule has 0 spiro atoms. The van der Waals surface area contributed by atoms with E-state index in [2.05, 4.69) is 0 Å². The molecule has 3 fully saturated rings. The zero-order chi connectivity index (χ0) is 11.3. The fraction of sp³-hybridized carbons (Fsp3) is 0.923. The maximum Gasteiger partial charge on any atom is 0.308 e. The lowest BCUT2D eigenvalue weighted by Gasteiger charge is -2.32. The molecule has 3 nitrogen and oxygen atoms in total. The number of aliphatic hydroxyl groups is 1. The molecule has 0 aromatic heterocycles. The number of carbonyl (C=O) groups is 1. The van der Waals surface area contributed by atoms with Gasteiger partial charge < -0.3 is 9.84 Å². The highest BCUT2D eigenvalue weighted by Gasteiger charge is 2.58. The summed E-state index contributed by atoms with van der Waals surface area (Å²) in [6.45, 7) is 0.341. The van der Waals surface area contributed by atoms with Gasteiger partial charge in [-0.2, -0.15) is 0 Å². The highest BCUT2D eigenvalue weighted by molar-refractivity contribution is 5.73. The number of fused-ring (bicyclic) bond motifs is 5. The largest absolute Gasteiger partial charge is 0.469 e. The highest BCUT2D eigenvalue weighted by atomic mass is 16.5. The van der Waals surface area contributed by atoms with E-state index in [4.69, 9.17) is 4.74 Å². The molecule has 3 rings (SSSR count). The van der Waals surface area contributed by atoms with Crippen molar-refractivity contribution in [3.05, 3.63) is 0 Å². The van der Waals surface area contributed by atoms with Crippen molar-refractivity contribution in [1.82, 2.24) is 0 Å². The first-order chi connectivity index (χ1) is 7.76. The van der Waals surface area contributed by atoms with Gasteiger partial charge in [-0.25, -0.2) is 0 Å². The van der Waals surface area contributed by atoms with E-state index in [9.17, 15) is 9.90 Å². The summed E-state index contributed by atoms with van der Waals surface area (Å²) >= 11 is 0. The first-order valence-electron chi connectivity index (χ1n) is 6.45. The number of rotatable bonds is 2. The van der Waals surface area contributed by atoms with E-state index in [-0.39, 0.29) is 11.9 Å². The van der Waals surface area contributed by atoms with Crippen LogP contribution in [0.3, 0.4) is 0 Å². The predicted molar refractivity (Wildman–Crippen MR) is 58.5 cm³/mol. The molecule has 0 saturated heterocycles. The molecule has 3 heteroatoms. The number of methoxy groups -OCH3 is 1. The van der Waals surface area contributed by atoms with Gasteiger partial charge in [0.15, 0.2) is 0 Å². The quantitative estimate of drug-likeness (QED) is 0.722. The van der Waals surface area contributed by atoms with Gasteiger partial charge in [-0.05, 0) is 55.3 Å². The fourth-order valence-electron chi connectivity index (χ4n) is 4.91. The molecule has 3 saturated carbocycles. The maximum atomic E-state index is 11.7. The standard InChI is InChI=1S/C13H20O3/c1-16-13(15)11-5-8-4-10(11)9-3-2-7(6-14)12(8)9/h7-12,14H,2-6H2,1H3. The average Bonchev–Trinajstić information content (AvgIpc) is 2.97. The van der Waals surface area contributed by atoms with Crippen molar-refractivity contribution in [3.63, 3.8) is 0 Å². The van der Waals surface area contributed by atoms with Crippen LogP contribution in [-0.2, 0) is 9.53 Å². The van der Waals surface area contributed by atoms with Crippen molar-refractivity contribution in [3.8, 4) is 0 Å². The summed E-state index contributed by atoms with van der Waals surface area (Å²) in [5.41, 5.74) is 0. The van der Waals surface area contributed by atoms with Crippen molar-refractivity contribution >= 4 is 5.97 Å². The van der Waals surface area contributed by atoms with Crippen LogP contribution in [0.5, 0.6) is 0 Å². The molecular formula is C13H20O3. The van der Waals surface area contributed by atoms with Crippen molar-refractivity contribution in [2.24, 2.45) is 35.5 Å². The second-order valence-electron chi connectivity index (χ2n) is 5.79. The van der Waals surface area contributed by atoms with Crippen LogP contribution >= 0.6 is 0 Å². The highest BCUT2D eigenvalue weighted by Crippen LogP contribution is 2.62. The molecule has 6 atom stereocenters. The normalized spacial score (nSPS) is 49.4. The molecule has 16 heavy (non-hydrogen) atoms. The molecule has 6 unspecified atom stereocenters. The van der Waals surface area contributed by atoms with Crippen LogP contribution in [0.25, 0.3) is 0 Å². The smallest absolute Gasteiger partial charge is 0.308 e. The van der Waals surface area contributed by atoms with Gasteiger partial charge in [0.05, 0.1) is 13.0 Å². The minimum atomic E-state index is -0.00148. The molecule has 90 valence electrons.